The molecule has 0 saturated heterocycles. The Morgan fingerprint density at radius 1 is 0.946 bits per heavy atom. The molecule has 3 aromatic rings. The van der Waals surface area contributed by atoms with Gasteiger partial charge in [0, 0.05) is 18.8 Å². The molecule has 0 spiro atoms. The average molecular weight is 528 g/mol. The number of carbonyl (C=O) groups excluding carboxylic acids is 3. The van der Waals surface area contributed by atoms with Gasteiger partial charge in [0.15, 0.2) is 6.61 Å². The monoisotopic (exact) mass is 527 g/mol. The zero-order chi connectivity index (χ0) is 26.7. The topological polar surface area (TPSA) is 150 Å². The number of carbonyl (C=O) groups is 3. The molecular weight excluding hydrogens is 502 g/mol. The summed E-state index contributed by atoms with van der Waals surface area (Å²) in [5.74, 6) is -0.688. The van der Waals surface area contributed by atoms with Gasteiger partial charge in [-0.25, -0.2) is 22.9 Å². The van der Waals surface area contributed by atoms with E-state index in [1.807, 2.05) is 22.9 Å². The molecule has 37 heavy (non-hydrogen) atoms. The number of nitrogens with one attached hydrogen (secondary N) is 2. The molecule has 0 bridgehead atoms. The molecule has 0 atom stereocenters. The minimum atomic E-state index is -4.15. The predicted octanol–water partition coefficient (Wildman–Crippen LogP) is 2.47. The van der Waals surface area contributed by atoms with Crippen LogP contribution >= 0.6 is 0 Å². The van der Waals surface area contributed by atoms with Crippen LogP contribution in [0.25, 0.3) is 0 Å². The van der Waals surface area contributed by atoms with Crippen LogP contribution in [0.4, 0.5) is 4.79 Å². The minimum Gasteiger partial charge on any atom is -0.484 e. The van der Waals surface area contributed by atoms with Gasteiger partial charge >= 0.3 is 6.16 Å². The number of ether oxygens (including phenoxy) is 3. The van der Waals surface area contributed by atoms with Crippen LogP contribution in [0.3, 0.4) is 0 Å². The predicted molar refractivity (Wildman–Crippen MR) is 132 cm³/mol. The second-order valence-corrected chi connectivity index (χ2v) is 9.13. The van der Waals surface area contributed by atoms with Crippen molar-refractivity contribution in [3.8, 4) is 11.6 Å². The first-order valence-electron chi connectivity index (χ1n) is 11.2. The smallest absolute Gasteiger partial charge is 0.484 e. The zero-order valence-electron chi connectivity index (χ0n) is 19.9. The fourth-order valence-corrected chi connectivity index (χ4v) is 3.92. The van der Waals surface area contributed by atoms with Crippen molar-refractivity contribution >= 4 is 28.0 Å². The van der Waals surface area contributed by atoms with Gasteiger partial charge in [-0.05, 0) is 49.2 Å². The van der Waals surface area contributed by atoms with Crippen LogP contribution in [0.15, 0.2) is 77.8 Å². The van der Waals surface area contributed by atoms with Crippen LogP contribution in [-0.4, -0.2) is 51.1 Å². The highest BCUT2D eigenvalue weighted by atomic mass is 32.2. The molecule has 0 fully saturated rings. The number of hydrogen-bond acceptors (Lipinski definition) is 9. The lowest BCUT2D eigenvalue weighted by Crippen LogP contribution is -2.31. The number of benzene rings is 2. The van der Waals surface area contributed by atoms with Crippen molar-refractivity contribution in [3.63, 3.8) is 0 Å². The van der Waals surface area contributed by atoms with Crippen LogP contribution in [0.1, 0.15) is 22.8 Å². The number of hydrogen-bond donors (Lipinski definition) is 2. The first-order valence-corrected chi connectivity index (χ1v) is 12.7. The molecule has 1 heterocycles. The van der Waals surface area contributed by atoms with Crippen molar-refractivity contribution < 1.29 is 37.0 Å². The molecule has 0 saturated carbocycles. The summed E-state index contributed by atoms with van der Waals surface area (Å²) in [6, 6.07) is 17.4. The Bertz CT molecular complexity index is 1310. The maximum absolute atomic E-state index is 12.6. The van der Waals surface area contributed by atoms with Crippen molar-refractivity contribution in [1.82, 2.24) is 15.0 Å². The van der Waals surface area contributed by atoms with Crippen LogP contribution in [-0.2, 0) is 26.0 Å². The second-order valence-electron chi connectivity index (χ2n) is 7.45. The fourth-order valence-electron chi connectivity index (χ4n) is 2.95. The molecule has 0 radical (unpaired) electrons. The third kappa shape index (κ3) is 8.61. The van der Waals surface area contributed by atoms with Crippen LogP contribution in [0.2, 0.25) is 0 Å². The molecule has 11 nitrogen and oxygen atoms in total. The highest BCUT2D eigenvalue weighted by Gasteiger charge is 2.19. The summed E-state index contributed by atoms with van der Waals surface area (Å²) in [7, 11) is -4.15. The normalized spacial score (nSPS) is 10.7. The van der Waals surface area contributed by atoms with Gasteiger partial charge in [-0.2, -0.15) is 0 Å². The summed E-state index contributed by atoms with van der Waals surface area (Å²) >= 11 is 0. The first kappa shape index (κ1) is 27.1. The number of nitrogens with zero attached hydrogens (tertiary/aromatic N) is 1. The Balaban J connectivity index is 1.47. The number of pyridine rings is 1. The van der Waals surface area contributed by atoms with Gasteiger partial charge in [0.2, 0.25) is 5.88 Å². The fraction of sp³-hybridized carbons (Fsp3) is 0.200. The zero-order valence-corrected chi connectivity index (χ0v) is 20.7. The maximum atomic E-state index is 12.6. The van der Waals surface area contributed by atoms with Crippen LogP contribution in [0, 0.1) is 0 Å². The lowest BCUT2D eigenvalue weighted by molar-refractivity contribution is -0.123. The summed E-state index contributed by atoms with van der Waals surface area (Å²) in [6.45, 7) is 1.96. The summed E-state index contributed by atoms with van der Waals surface area (Å²) in [4.78, 5) is 39.3. The van der Waals surface area contributed by atoms with Crippen molar-refractivity contribution in [2.45, 2.75) is 18.2 Å². The lowest BCUT2D eigenvalue weighted by Gasteiger charge is -2.09. The third-order valence-electron chi connectivity index (χ3n) is 4.76. The lowest BCUT2D eigenvalue weighted by atomic mass is 10.1. The number of rotatable bonds is 11. The van der Waals surface area contributed by atoms with Crippen molar-refractivity contribution in [3.05, 3.63) is 84.1 Å². The quantitative estimate of drug-likeness (QED) is 0.359. The van der Waals surface area contributed by atoms with E-state index in [1.54, 1.807) is 31.2 Å². The van der Waals surface area contributed by atoms with E-state index in [1.165, 1.54) is 24.3 Å². The summed E-state index contributed by atoms with van der Waals surface area (Å²) in [5.41, 5.74) is 0.735. The van der Waals surface area contributed by atoms with Gasteiger partial charge in [-0.3, -0.25) is 9.59 Å². The van der Waals surface area contributed by atoms with E-state index in [4.69, 9.17) is 9.47 Å². The number of aromatic nitrogens is 1. The maximum Gasteiger partial charge on any atom is 0.515 e. The van der Waals surface area contributed by atoms with Gasteiger partial charge in [0.25, 0.3) is 21.8 Å². The number of amides is 2. The van der Waals surface area contributed by atoms with Gasteiger partial charge < -0.3 is 19.5 Å². The number of sulfonamides is 1. The molecule has 3 rings (SSSR count). The number of para-hydroxylation sites is 1. The van der Waals surface area contributed by atoms with E-state index >= 15 is 0 Å². The minimum absolute atomic E-state index is 0.0524. The summed E-state index contributed by atoms with van der Waals surface area (Å²) in [5, 5.41) is 2.73. The largest absolute Gasteiger partial charge is 0.515 e. The Morgan fingerprint density at radius 2 is 1.68 bits per heavy atom. The average Bonchev–Trinajstić information content (AvgIpc) is 2.89. The molecule has 2 aromatic carbocycles. The molecule has 12 heteroatoms. The van der Waals surface area contributed by atoms with E-state index in [2.05, 4.69) is 15.0 Å². The molecule has 1 aromatic heterocycles. The summed E-state index contributed by atoms with van der Waals surface area (Å²) < 4.78 is 41.9. The molecule has 0 aliphatic carbocycles. The van der Waals surface area contributed by atoms with E-state index in [0.29, 0.717) is 18.7 Å². The highest BCUT2D eigenvalue weighted by Crippen LogP contribution is 2.13. The Labute approximate surface area is 213 Å². The third-order valence-corrected chi connectivity index (χ3v) is 6.11. The van der Waals surface area contributed by atoms with Crippen molar-refractivity contribution in [2.75, 3.05) is 19.8 Å². The molecule has 2 N–H and O–H groups in total. The Morgan fingerprint density at radius 3 is 2.32 bits per heavy atom. The Hall–Kier alpha value is -4.45. The molecule has 0 aliphatic rings. The van der Waals surface area contributed by atoms with Gasteiger partial charge in [-0.15, -0.1) is 0 Å². The molecule has 0 aliphatic heterocycles. The molecular formula is C25H25N3O8S. The molecule has 194 valence electrons. The SMILES string of the molecule is CCOC(=O)Oc1ccc(C(=O)NS(=O)(=O)c2ccc(CCNC(=O)COc3ccccc3)cc2)cn1. The van der Waals surface area contributed by atoms with E-state index in [9.17, 15) is 22.8 Å². The first-order chi connectivity index (χ1) is 17.8. The van der Waals surface area contributed by atoms with E-state index in [-0.39, 0.29) is 35.5 Å². The van der Waals surface area contributed by atoms with Crippen molar-refractivity contribution in [2.24, 2.45) is 0 Å². The second kappa shape index (κ2) is 13.0. The van der Waals surface area contributed by atoms with Gasteiger partial charge in [-0.1, -0.05) is 30.3 Å². The standard InChI is InChI=1S/C25H25N3O8S/c1-2-34-25(31)36-23-13-10-19(16-27-23)24(30)28-37(32,33)21-11-8-18(9-12-21)14-15-26-22(29)17-35-20-6-4-3-5-7-20/h3-13,16H,2,14-15,17H2,1H3,(H,26,29)(H,28,30). The molecule has 0 unspecified atom stereocenters. The Kier molecular flexibility index (Phi) is 9.55. The van der Waals surface area contributed by atoms with Crippen LogP contribution in [0.5, 0.6) is 11.6 Å². The van der Waals surface area contributed by atoms with E-state index in [0.717, 1.165) is 11.8 Å². The van der Waals surface area contributed by atoms with Gasteiger partial charge in [0.05, 0.1) is 17.1 Å². The summed E-state index contributed by atoms with van der Waals surface area (Å²) in [6.07, 6.45) is 0.592. The highest BCUT2D eigenvalue weighted by molar-refractivity contribution is 7.90. The molecule has 2 amide bonds. The van der Waals surface area contributed by atoms with Crippen LogP contribution < -0.4 is 19.5 Å². The van der Waals surface area contributed by atoms with Gasteiger partial charge in [0.1, 0.15) is 5.75 Å². The van der Waals surface area contributed by atoms with E-state index < -0.39 is 22.1 Å². The van der Waals surface area contributed by atoms with Crippen molar-refractivity contribution in [1.29, 1.82) is 0 Å².